The third kappa shape index (κ3) is 7.20. The van der Waals surface area contributed by atoms with Gasteiger partial charge in [0.1, 0.15) is 22.7 Å². The van der Waals surface area contributed by atoms with Crippen molar-refractivity contribution in [2.45, 2.75) is 55.6 Å². The number of benzene rings is 2. The van der Waals surface area contributed by atoms with Gasteiger partial charge >= 0.3 is 12.1 Å². The van der Waals surface area contributed by atoms with Gasteiger partial charge in [-0.3, -0.25) is 9.69 Å². The Labute approximate surface area is 257 Å². The fraction of sp³-hybridized carbons (Fsp3) is 0.379. The number of carbonyl (C=O) groups excluding carboxylic acids is 3. The average molecular weight is 624 g/mol. The van der Waals surface area contributed by atoms with Crippen LogP contribution in [-0.4, -0.2) is 78.1 Å². The van der Waals surface area contributed by atoms with Gasteiger partial charge in [0.25, 0.3) is 0 Å². The predicted octanol–water partition coefficient (Wildman–Crippen LogP) is 3.12. The standard InChI is InChI=1S/C29H33N7O5S2/c1-29(2,3)41-28(39)31-14-15-35-27(32-33-34-35)43-17-20-16-42-25-21(30)24(37)36(25)22(20)26(38)40-23(18-10-6-4-7-11-18)19-12-8-5-9-13-19/h4-13,21,23,25H,14-17,30H2,1-3H3,(H,31,39)/t21?,25-/m0/s1. The normalized spacial score (nSPS) is 18.3. The fourth-order valence-corrected chi connectivity index (χ4v) is 6.93. The van der Waals surface area contributed by atoms with Gasteiger partial charge in [-0.15, -0.1) is 16.9 Å². The number of nitrogens with zero attached hydrogens (tertiary/aromatic N) is 5. The van der Waals surface area contributed by atoms with Crippen LogP contribution in [0.3, 0.4) is 0 Å². The van der Waals surface area contributed by atoms with Crippen LogP contribution in [0, 0.1) is 0 Å². The minimum atomic E-state index is -0.675. The largest absolute Gasteiger partial charge is 0.448 e. The first-order valence-corrected chi connectivity index (χ1v) is 15.7. The number of aromatic nitrogens is 4. The summed E-state index contributed by atoms with van der Waals surface area (Å²) in [6, 6.07) is 18.3. The second-order valence-electron chi connectivity index (χ2n) is 10.9. The van der Waals surface area contributed by atoms with Gasteiger partial charge in [-0.2, -0.15) is 0 Å². The van der Waals surface area contributed by atoms with Crippen molar-refractivity contribution in [2.75, 3.05) is 18.1 Å². The molecule has 3 aromatic rings. The third-order valence-corrected chi connectivity index (χ3v) is 8.98. The quantitative estimate of drug-likeness (QED) is 0.194. The van der Waals surface area contributed by atoms with Crippen LogP contribution in [0.25, 0.3) is 0 Å². The molecule has 2 amide bonds. The van der Waals surface area contributed by atoms with Crippen molar-refractivity contribution < 1.29 is 23.9 Å². The molecule has 0 radical (unpaired) electrons. The number of alkyl carbamates (subject to hydrolysis) is 1. The van der Waals surface area contributed by atoms with E-state index in [4.69, 9.17) is 15.2 Å². The summed E-state index contributed by atoms with van der Waals surface area (Å²) in [4.78, 5) is 40.2. The van der Waals surface area contributed by atoms with Crippen LogP contribution in [0.4, 0.5) is 4.79 Å². The summed E-state index contributed by atoms with van der Waals surface area (Å²) in [5.74, 6) is -0.0896. The summed E-state index contributed by atoms with van der Waals surface area (Å²) >= 11 is 2.84. The molecule has 1 aromatic heterocycles. The first kappa shape index (κ1) is 30.6. The van der Waals surface area contributed by atoms with Crippen molar-refractivity contribution in [3.05, 3.63) is 83.1 Å². The lowest BCUT2D eigenvalue weighted by molar-refractivity contribution is -0.153. The zero-order valence-corrected chi connectivity index (χ0v) is 25.6. The number of rotatable bonds is 10. The van der Waals surface area contributed by atoms with Crippen molar-refractivity contribution in [1.82, 2.24) is 30.4 Å². The Kier molecular flexibility index (Phi) is 9.37. The van der Waals surface area contributed by atoms with Crippen LogP contribution in [0.15, 0.2) is 77.1 Å². The molecule has 226 valence electrons. The number of thioether (sulfide) groups is 2. The summed E-state index contributed by atoms with van der Waals surface area (Å²) in [6.45, 7) is 5.94. The number of carbonyl (C=O) groups is 3. The van der Waals surface area contributed by atoms with E-state index in [1.807, 2.05) is 60.7 Å². The van der Waals surface area contributed by atoms with E-state index in [-0.39, 0.29) is 23.5 Å². The lowest BCUT2D eigenvalue weighted by Crippen LogP contribution is -2.68. The minimum Gasteiger partial charge on any atom is -0.448 e. The minimum absolute atomic E-state index is 0.213. The molecule has 2 aromatic carbocycles. The van der Waals surface area contributed by atoms with E-state index in [9.17, 15) is 14.4 Å². The highest BCUT2D eigenvalue weighted by Crippen LogP contribution is 2.42. The lowest BCUT2D eigenvalue weighted by Gasteiger charge is -2.48. The van der Waals surface area contributed by atoms with Gasteiger partial charge in [-0.25, -0.2) is 14.3 Å². The zero-order chi connectivity index (χ0) is 30.6. The van der Waals surface area contributed by atoms with Crippen molar-refractivity contribution in [1.29, 1.82) is 0 Å². The van der Waals surface area contributed by atoms with Gasteiger partial charge in [-0.1, -0.05) is 72.4 Å². The highest BCUT2D eigenvalue weighted by Gasteiger charge is 2.52. The molecule has 2 atom stereocenters. The van der Waals surface area contributed by atoms with Crippen molar-refractivity contribution >= 4 is 41.5 Å². The Balaban J connectivity index is 1.34. The maximum atomic E-state index is 13.9. The van der Waals surface area contributed by atoms with Crippen molar-refractivity contribution in [3.63, 3.8) is 0 Å². The molecule has 0 saturated carbocycles. The molecule has 0 bridgehead atoms. The molecule has 12 nitrogen and oxygen atoms in total. The highest BCUT2D eigenvalue weighted by atomic mass is 32.2. The molecule has 3 N–H and O–H groups in total. The molecule has 1 fully saturated rings. The first-order chi connectivity index (χ1) is 20.6. The molecule has 1 saturated heterocycles. The molecular formula is C29H33N7O5S2. The topological polar surface area (TPSA) is 155 Å². The Bertz CT molecular complexity index is 1450. The number of nitrogens with two attached hydrogens (primary N) is 1. The molecule has 14 heteroatoms. The smallest absolute Gasteiger partial charge is 0.407 e. The third-order valence-electron chi connectivity index (χ3n) is 6.58. The van der Waals surface area contributed by atoms with Crippen LogP contribution >= 0.6 is 23.5 Å². The number of ether oxygens (including phenoxy) is 2. The molecular weight excluding hydrogens is 590 g/mol. The molecule has 3 heterocycles. The lowest BCUT2D eigenvalue weighted by atomic mass is 10.0. The van der Waals surface area contributed by atoms with Gasteiger partial charge in [0.2, 0.25) is 11.1 Å². The number of esters is 1. The maximum Gasteiger partial charge on any atom is 0.407 e. The van der Waals surface area contributed by atoms with Crippen LogP contribution in [0.2, 0.25) is 0 Å². The van der Waals surface area contributed by atoms with Crippen molar-refractivity contribution in [3.8, 4) is 0 Å². The summed E-state index contributed by atoms with van der Waals surface area (Å²) in [5.41, 5.74) is 8.03. The van der Waals surface area contributed by atoms with E-state index < -0.39 is 29.8 Å². The first-order valence-electron chi connectivity index (χ1n) is 13.7. The van der Waals surface area contributed by atoms with Gasteiger partial charge < -0.3 is 20.5 Å². The maximum absolute atomic E-state index is 13.9. The summed E-state index contributed by atoms with van der Waals surface area (Å²) in [5, 5.41) is 14.7. The zero-order valence-electron chi connectivity index (χ0n) is 24.0. The van der Waals surface area contributed by atoms with E-state index >= 15 is 0 Å². The molecule has 0 spiro atoms. The number of β-lactam (4-membered cyclic amide) rings is 1. The van der Waals surface area contributed by atoms with E-state index in [2.05, 4.69) is 20.8 Å². The highest BCUT2D eigenvalue weighted by molar-refractivity contribution is 8.01. The van der Waals surface area contributed by atoms with E-state index in [0.717, 1.165) is 16.7 Å². The van der Waals surface area contributed by atoms with Crippen LogP contribution in [-0.2, 0) is 25.6 Å². The monoisotopic (exact) mass is 623 g/mol. The fourth-order valence-electron chi connectivity index (χ4n) is 4.60. The van der Waals surface area contributed by atoms with Crippen molar-refractivity contribution in [2.24, 2.45) is 5.73 Å². The Morgan fingerprint density at radius 3 is 2.40 bits per heavy atom. The number of tetrazole rings is 1. The van der Waals surface area contributed by atoms with E-state index in [1.54, 1.807) is 25.5 Å². The Morgan fingerprint density at radius 1 is 1.12 bits per heavy atom. The number of fused-ring (bicyclic) bond motifs is 1. The molecule has 43 heavy (non-hydrogen) atoms. The second kappa shape index (κ2) is 13.2. The number of hydrogen-bond donors (Lipinski definition) is 2. The Morgan fingerprint density at radius 2 is 1.77 bits per heavy atom. The molecule has 2 aliphatic rings. The SMILES string of the molecule is CC(C)(C)OC(=O)NCCn1nnnc1SCC1=C(C(=O)OC(c2ccccc2)c2ccccc2)N2C(=O)C(N)[C@@H]2SC1. The average Bonchev–Trinajstić information content (AvgIpc) is 3.44. The van der Waals surface area contributed by atoms with Crippen LogP contribution in [0.1, 0.15) is 38.0 Å². The predicted molar refractivity (Wildman–Crippen MR) is 162 cm³/mol. The molecule has 2 aliphatic heterocycles. The molecule has 5 rings (SSSR count). The number of amides is 2. The second-order valence-corrected chi connectivity index (χ2v) is 12.9. The van der Waals surface area contributed by atoms with E-state index in [1.165, 1.54) is 28.4 Å². The van der Waals surface area contributed by atoms with Gasteiger partial charge in [0, 0.05) is 18.1 Å². The summed E-state index contributed by atoms with van der Waals surface area (Å²) in [7, 11) is 0. The van der Waals surface area contributed by atoms with Crippen LogP contribution in [0.5, 0.6) is 0 Å². The van der Waals surface area contributed by atoms with Gasteiger partial charge in [0.15, 0.2) is 6.10 Å². The molecule has 1 unspecified atom stereocenters. The van der Waals surface area contributed by atoms with E-state index in [0.29, 0.717) is 23.2 Å². The van der Waals surface area contributed by atoms with Crippen LogP contribution < -0.4 is 11.1 Å². The number of nitrogens with one attached hydrogen (secondary N) is 1. The summed E-state index contributed by atoms with van der Waals surface area (Å²) in [6.07, 6.45) is -1.20. The number of hydrogen-bond acceptors (Lipinski definition) is 11. The van der Waals surface area contributed by atoms with Gasteiger partial charge in [0.05, 0.1) is 6.54 Å². The van der Waals surface area contributed by atoms with Gasteiger partial charge in [-0.05, 0) is 47.9 Å². The summed E-state index contributed by atoms with van der Waals surface area (Å²) < 4.78 is 13.0. The molecule has 0 aliphatic carbocycles. The Hall–Kier alpha value is -3.88.